The molecular weight excluding hydrogens is 244 g/mol. The average Bonchev–Trinajstić information content (AvgIpc) is 2.42. The third-order valence-electron chi connectivity index (χ3n) is 2.71. The predicted molar refractivity (Wildman–Crippen MR) is 72.1 cm³/mol. The fourth-order valence-electron chi connectivity index (χ4n) is 1.68. The second-order valence-electron chi connectivity index (χ2n) is 4.71. The van der Waals surface area contributed by atoms with Crippen LogP contribution in [0.3, 0.4) is 0 Å². The summed E-state index contributed by atoms with van der Waals surface area (Å²) in [6.45, 7) is 4.61. The van der Waals surface area contributed by atoms with Crippen LogP contribution in [0.15, 0.2) is 24.3 Å². The minimum Gasteiger partial charge on any atom is -0.465 e. The summed E-state index contributed by atoms with van der Waals surface area (Å²) in [7, 11) is 1.28. The van der Waals surface area contributed by atoms with E-state index in [1.54, 1.807) is 24.3 Å². The van der Waals surface area contributed by atoms with Gasteiger partial charge in [0.2, 0.25) is 0 Å². The second kappa shape index (κ2) is 7.56. The smallest absolute Gasteiger partial charge is 0.339 e. The second-order valence-corrected chi connectivity index (χ2v) is 4.71. The normalized spacial score (nSPS) is 10.3. The Balaban J connectivity index is 2.64. The van der Waals surface area contributed by atoms with Crippen LogP contribution in [0.5, 0.6) is 0 Å². The quantitative estimate of drug-likeness (QED) is 0.585. The highest BCUT2D eigenvalue weighted by molar-refractivity contribution is 6.03. The predicted octanol–water partition coefficient (Wildman–Crippen LogP) is 3.07. The van der Waals surface area contributed by atoms with Crippen molar-refractivity contribution in [2.75, 3.05) is 13.7 Å². The van der Waals surface area contributed by atoms with Gasteiger partial charge in [-0.05, 0) is 30.9 Å². The molecule has 0 radical (unpaired) electrons. The van der Waals surface area contributed by atoms with Crippen LogP contribution in [-0.4, -0.2) is 25.7 Å². The van der Waals surface area contributed by atoms with Crippen molar-refractivity contribution in [2.24, 2.45) is 5.92 Å². The lowest BCUT2D eigenvalue weighted by Crippen LogP contribution is -2.13. The Labute approximate surface area is 113 Å². The molecule has 0 amide bonds. The van der Waals surface area contributed by atoms with E-state index in [1.165, 1.54) is 7.11 Å². The zero-order valence-electron chi connectivity index (χ0n) is 11.6. The molecule has 0 fully saturated rings. The highest BCUT2D eigenvalue weighted by atomic mass is 16.5. The van der Waals surface area contributed by atoms with Crippen molar-refractivity contribution < 1.29 is 19.1 Å². The summed E-state index contributed by atoms with van der Waals surface area (Å²) in [5.74, 6) is -0.430. The van der Waals surface area contributed by atoms with Crippen LogP contribution >= 0.6 is 0 Å². The molecule has 0 N–H and O–H groups in total. The van der Waals surface area contributed by atoms with Crippen molar-refractivity contribution in [1.29, 1.82) is 0 Å². The average molecular weight is 264 g/mol. The third-order valence-corrected chi connectivity index (χ3v) is 2.71. The summed E-state index contributed by atoms with van der Waals surface area (Å²) < 4.78 is 9.80. The molecule has 0 bridgehead atoms. The van der Waals surface area contributed by atoms with Gasteiger partial charge in [-0.3, -0.25) is 0 Å². The van der Waals surface area contributed by atoms with Gasteiger partial charge in [-0.15, -0.1) is 0 Å². The molecule has 4 heteroatoms. The number of ether oxygens (including phenoxy) is 2. The number of carbonyl (C=O) groups excluding carboxylic acids is 2. The first-order valence-electron chi connectivity index (χ1n) is 6.40. The Morgan fingerprint density at radius 2 is 1.68 bits per heavy atom. The minimum absolute atomic E-state index is 0.235. The first-order valence-corrected chi connectivity index (χ1v) is 6.40. The molecule has 0 unspecified atom stereocenters. The summed E-state index contributed by atoms with van der Waals surface area (Å²) in [6.07, 6.45) is 1.83. The number of methoxy groups -OCH3 is 1. The molecule has 0 heterocycles. The molecule has 1 rings (SSSR count). The van der Waals surface area contributed by atoms with Gasteiger partial charge in [0, 0.05) is 0 Å². The van der Waals surface area contributed by atoms with E-state index < -0.39 is 11.9 Å². The number of rotatable bonds is 6. The highest BCUT2D eigenvalue weighted by Crippen LogP contribution is 2.12. The van der Waals surface area contributed by atoms with E-state index in [9.17, 15) is 9.59 Å². The first kappa shape index (κ1) is 15.2. The molecule has 1 aromatic carbocycles. The monoisotopic (exact) mass is 264 g/mol. The van der Waals surface area contributed by atoms with E-state index >= 15 is 0 Å². The van der Waals surface area contributed by atoms with Gasteiger partial charge >= 0.3 is 11.9 Å². The largest absolute Gasteiger partial charge is 0.465 e. The lowest BCUT2D eigenvalue weighted by Gasteiger charge is -2.09. The molecular formula is C15H20O4. The Bertz CT molecular complexity index is 438. The number of benzene rings is 1. The summed E-state index contributed by atoms with van der Waals surface area (Å²) >= 11 is 0. The number of hydrogen-bond acceptors (Lipinski definition) is 4. The highest BCUT2D eigenvalue weighted by Gasteiger charge is 2.17. The maximum atomic E-state index is 11.9. The fraction of sp³-hybridized carbons (Fsp3) is 0.467. The molecule has 0 saturated heterocycles. The molecule has 0 aliphatic rings. The van der Waals surface area contributed by atoms with Gasteiger partial charge < -0.3 is 9.47 Å². The molecule has 0 aromatic heterocycles. The van der Waals surface area contributed by atoms with Crippen molar-refractivity contribution in [3.8, 4) is 0 Å². The van der Waals surface area contributed by atoms with Crippen molar-refractivity contribution in [2.45, 2.75) is 26.7 Å². The Kier molecular flexibility index (Phi) is 6.06. The van der Waals surface area contributed by atoms with E-state index in [2.05, 4.69) is 18.6 Å². The van der Waals surface area contributed by atoms with E-state index in [0.29, 0.717) is 12.5 Å². The van der Waals surface area contributed by atoms with Gasteiger partial charge in [-0.1, -0.05) is 26.0 Å². The van der Waals surface area contributed by atoms with Crippen LogP contribution in [0.2, 0.25) is 0 Å². The topological polar surface area (TPSA) is 52.6 Å². The molecule has 0 spiro atoms. The molecule has 104 valence electrons. The van der Waals surface area contributed by atoms with E-state index in [0.717, 1.165) is 12.8 Å². The Morgan fingerprint density at radius 1 is 1.11 bits per heavy atom. The van der Waals surface area contributed by atoms with Crippen molar-refractivity contribution in [1.82, 2.24) is 0 Å². The summed E-state index contributed by atoms with van der Waals surface area (Å²) in [6, 6.07) is 6.49. The number of hydrogen-bond donors (Lipinski definition) is 0. The van der Waals surface area contributed by atoms with Crippen LogP contribution in [-0.2, 0) is 9.47 Å². The van der Waals surface area contributed by atoms with Crippen LogP contribution in [0.25, 0.3) is 0 Å². The van der Waals surface area contributed by atoms with Gasteiger partial charge in [0.1, 0.15) is 0 Å². The lowest BCUT2D eigenvalue weighted by molar-refractivity contribution is 0.0477. The molecule has 1 aromatic rings. The van der Waals surface area contributed by atoms with Gasteiger partial charge in [-0.25, -0.2) is 9.59 Å². The summed E-state index contributed by atoms with van der Waals surface area (Å²) in [5.41, 5.74) is 0.484. The van der Waals surface area contributed by atoms with Crippen LogP contribution in [0, 0.1) is 5.92 Å². The van der Waals surface area contributed by atoms with Crippen molar-refractivity contribution in [3.63, 3.8) is 0 Å². The SMILES string of the molecule is COC(=O)c1ccccc1C(=O)OCCCC(C)C. The number of carbonyl (C=O) groups is 2. The van der Waals surface area contributed by atoms with Gasteiger partial charge in [0.25, 0.3) is 0 Å². The Hall–Kier alpha value is -1.84. The van der Waals surface area contributed by atoms with E-state index in [4.69, 9.17) is 4.74 Å². The third kappa shape index (κ3) is 4.73. The van der Waals surface area contributed by atoms with Crippen molar-refractivity contribution >= 4 is 11.9 Å². The van der Waals surface area contributed by atoms with Crippen LogP contribution in [0.4, 0.5) is 0 Å². The van der Waals surface area contributed by atoms with Crippen LogP contribution in [0.1, 0.15) is 47.4 Å². The van der Waals surface area contributed by atoms with Gasteiger partial charge in [0.15, 0.2) is 0 Å². The fourth-order valence-corrected chi connectivity index (χ4v) is 1.68. The summed E-state index contributed by atoms with van der Waals surface area (Å²) in [5, 5.41) is 0. The number of esters is 2. The summed E-state index contributed by atoms with van der Waals surface area (Å²) in [4.78, 5) is 23.4. The maximum absolute atomic E-state index is 11.9. The van der Waals surface area contributed by atoms with E-state index in [-0.39, 0.29) is 11.1 Å². The molecule has 0 aliphatic heterocycles. The zero-order chi connectivity index (χ0) is 14.3. The first-order chi connectivity index (χ1) is 9.06. The Morgan fingerprint density at radius 3 is 2.21 bits per heavy atom. The lowest BCUT2D eigenvalue weighted by atomic mass is 10.1. The molecule has 0 atom stereocenters. The maximum Gasteiger partial charge on any atom is 0.339 e. The standard InChI is InChI=1S/C15H20O4/c1-11(2)7-6-10-19-15(17)13-9-5-4-8-12(13)14(16)18-3/h4-5,8-9,11H,6-7,10H2,1-3H3. The van der Waals surface area contributed by atoms with Crippen LogP contribution < -0.4 is 0 Å². The molecule has 0 saturated carbocycles. The molecule has 19 heavy (non-hydrogen) atoms. The van der Waals surface area contributed by atoms with Gasteiger partial charge in [-0.2, -0.15) is 0 Å². The van der Waals surface area contributed by atoms with Gasteiger partial charge in [0.05, 0.1) is 24.8 Å². The molecule has 4 nitrogen and oxygen atoms in total. The zero-order valence-corrected chi connectivity index (χ0v) is 11.6. The minimum atomic E-state index is -0.533. The van der Waals surface area contributed by atoms with Crippen molar-refractivity contribution in [3.05, 3.63) is 35.4 Å². The van der Waals surface area contributed by atoms with E-state index in [1.807, 2.05) is 0 Å². The molecule has 0 aliphatic carbocycles.